The first-order chi connectivity index (χ1) is 14.5. The molecule has 0 atom stereocenters. The van der Waals surface area contributed by atoms with E-state index < -0.39 is 0 Å². The average molecular weight is 490 g/mol. The third-order valence-electron chi connectivity index (χ3n) is 4.77. The maximum atomic E-state index is 12.9. The van der Waals surface area contributed by atoms with Crippen molar-refractivity contribution in [1.29, 1.82) is 0 Å². The van der Waals surface area contributed by atoms with Gasteiger partial charge in [-0.25, -0.2) is 4.98 Å². The number of carbonyl (C=O) groups is 2. The molecule has 0 spiro atoms. The Morgan fingerprint density at radius 3 is 2.53 bits per heavy atom. The summed E-state index contributed by atoms with van der Waals surface area (Å²) in [4.78, 5) is 33.5. The van der Waals surface area contributed by atoms with Gasteiger partial charge in [0.1, 0.15) is 5.82 Å². The van der Waals surface area contributed by atoms with Crippen LogP contribution in [0.1, 0.15) is 20.9 Å². The Morgan fingerprint density at radius 2 is 1.87 bits per heavy atom. The standard InChI is InChI=1S/C21H18BrClN4O3/c22-18-6-5-17(30-18)20(28)25-16-3-1-2-14(12-16)21(29)27-10-8-26(9-11-27)19-7-4-15(23)13-24-19/h1-7,12-13H,8-11H2,(H,25,28). The second-order valence-electron chi connectivity index (χ2n) is 6.75. The first-order valence-electron chi connectivity index (χ1n) is 9.32. The van der Waals surface area contributed by atoms with Gasteiger partial charge in [-0.3, -0.25) is 9.59 Å². The number of nitrogens with one attached hydrogen (secondary N) is 1. The average Bonchev–Trinajstić information content (AvgIpc) is 3.21. The van der Waals surface area contributed by atoms with Crippen molar-refractivity contribution in [2.45, 2.75) is 0 Å². The molecule has 4 rings (SSSR count). The predicted molar refractivity (Wildman–Crippen MR) is 118 cm³/mol. The number of carbonyl (C=O) groups excluding carboxylic acids is 2. The number of nitrogens with zero attached hydrogens (tertiary/aromatic N) is 3. The Labute approximate surface area is 186 Å². The molecule has 1 saturated heterocycles. The van der Waals surface area contributed by atoms with Gasteiger partial charge in [0.15, 0.2) is 10.4 Å². The number of piperazine rings is 1. The van der Waals surface area contributed by atoms with Crippen LogP contribution in [-0.2, 0) is 0 Å². The minimum Gasteiger partial charge on any atom is -0.444 e. The smallest absolute Gasteiger partial charge is 0.291 e. The van der Waals surface area contributed by atoms with E-state index in [1.54, 1.807) is 47.5 Å². The summed E-state index contributed by atoms with van der Waals surface area (Å²) in [5.41, 5.74) is 1.05. The summed E-state index contributed by atoms with van der Waals surface area (Å²) < 4.78 is 5.73. The molecule has 1 fully saturated rings. The van der Waals surface area contributed by atoms with E-state index in [-0.39, 0.29) is 17.6 Å². The first-order valence-corrected chi connectivity index (χ1v) is 10.5. The van der Waals surface area contributed by atoms with E-state index in [0.717, 1.165) is 5.82 Å². The number of hydrogen-bond acceptors (Lipinski definition) is 5. The number of hydrogen-bond donors (Lipinski definition) is 1. The summed E-state index contributed by atoms with van der Waals surface area (Å²) in [5.74, 6) is 0.580. The lowest BCUT2D eigenvalue weighted by Gasteiger charge is -2.35. The Morgan fingerprint density at radius 1 is 1.07 bits per heavy atom. The van der Waals surface area contributed by atoms with Crippen LogP contribution < -0.4 is 10.2 Å². The van der Waals surface area contributed by atoms with E-state index in [9.17, 15) is 9.59 Å². The van der Waals surface area contributed by atoms with Crippen LogP contribution >= 0.6 is 27.5 Å². The maximum absolute atomic E-state index is 12.9. The Kier molecular flexibility index (Phi) is 6.06. The van der Waals surface area contributed by atoms with Crippen LogP contribution in [0.15, 0.2) is 63.8 Å². The number of pyridine rings is 1. The molecule has 1 N–H and O–H groups in total. The number of amides is 2. The van der Waals surface area contributed by atoms with Crippen molar-refractivity contribution in [3.63, 3.8) is 0 Å². The van der Waals surface area contributed by atoms with Gasteiger partial charge in [0.25, 0.3) is 11.8 Å². The Bertz CT molecular complexity index is 1060. The van der Waals surface area contributed by atoms with Gasteiger partial charge < -0.3 is 19.5 Å². The highest BCUT2D eigenvalue weighted by Gasteiger charge is 2.23. The van der Waals surface area contributed by atoms with Gasteiger partial charge in [-0.2, -0.15) is 0 Å². The van der Waals surface area contributed by atoms with Gasteiger partial charge in [-0.05, 0) is 58.4 Å². The van der Waals surface area contributed by atoms with Crippen LogP contribution in [0.2, 0.25) is 5.02 Å². The monoisotopic (exact) mass is 488 g/mol. The SMILES string of the molecule is O=C(Nc1cccc(C(=O)N2CCN(c3ccc(Cl)cn3)CC2)c1)c1ccc(Br)o1. The predicted octanol–water partition coefficient (Wildman–Crippen LogP) is 4.31. The normalized spacial score (nSPS) is 13.9. The molecule has 0 saturated carbocycles. The van der Waals surface area contributed by atoms with E-state index in [1.807, 2.05) is 12.1 Å². The van der Waals surface area contributed by atoms with E-state index >= 15 is 0 Å². The molecule has 1 aliphatic heterocycles. The Balaban J connectivity index is 1.38. The fourth-order valence-corrected chi connectivity index (χ4v) is 3.65. The molecule has 3 aromatic rings. The van der Waals surface area contributed by atoms with Crippen molar-refractivity contribution in [2.75, 3.05) is 36.4 Å². The molecule has 7 nitrogen and oxygen atoms in total. The highest BCUT2D eigenvalue weighted by molar-refractivity contribution is 9.10. The second kappa shape index (κ2) is 8.89. The number of aromatic nitrogens is 1. The zero-order valence-corrected chi connectivity index (χ0v) is 18.2. The van der Waals surface area contributed by atoms with Crippen molar-refractivity contribution in [2.24, 2.45) is 0 Å². The van der Waals surface area contributed by atoms with E-state index in [1.165, 1.54) is 0 Å². The number of rotatable bonds is 4. The van der Waals surface area contributed by atoms with Crippen LogP contribution in [-0.4, -0.2) is 47.9 Å². The lowest BCUT2D eigenvalue weighted by Crippen LogP contribution is -2.49. The summed E-state index contributed by atoms with van der Waals surface area (Å²) in [5, 5.41) is 3.35. The molecule has 9 heteroatoms. The molecular formula is C21H18BrClN4O3. The zero-order valence-electron chi connectivity index (χ0n) is 15.8. The molecule has 3 heterocycles. The molecule has 0 bridgehead atoms. The molecule has 154 valence electrons. The summed E-state index contributed by atoms with van der Waals surface area (Å²) in [6.45, 7) is 2.54. The highest BCUT2D eigenvalue weighted by Crippen LogP contribution is 2.20. The molecular weight excluding hydrogens is 472 g/mol. The molecule has 0 unspecified atom stereocenters. The molecule has 1 aromatic carbocycles. The third-order valence-corrected chi connectivity index (χ3v) is 5.42. The van der Waals surface area contributed by atoms with Crippen molar-refractivity contribution < 1.29 is 14.0 Å². The van der Waals surface area contributed by atoms with Gasteiger partial charge in [0.2, 0.25) is 0 Å². The molecule has 2 amide bonds. The third kappa shape index (κ3) is 4.66. The molecule has 2 aromatic heterocycles. The molecule has 1 aliphatic rings. The summed E-state index contributed by atoms with van der Waals surface area (Å²) in [6.07, 6.45) is 1.62. The quantitative estimate of drug-likeness (QED) is 0.591. The van der Waals surface area contributed by atoms with E-state index in [4.69, 9.17) is 16.0 Å². The Hall–Kier alpha value is -2.84. The fourth-order valence-electron chi connectivity index (χ4n) is 3.24. The van der Waals surface area contributed by atoms with Gasteiger partial charge in [-0.15, -0.1) is 0 Å². The lowest BCUT2D eigenvalue weighted by molar-refractivity contribution is 0.0746. The van der Waals surface area contributed by atoms with Crippen LogP contribution in [0.3, 0.4) is 0 Å². The zero-order chi connectivity index (χ0) is 21.1. The van der Waals surface area contributed by atoms with Crippen molar-refractivity contribution in [3.8, 4) is 0 Å². The first kappa shape index (κ1) is 20.4. The number of furan rings is 1. The minimum absolute atomic E-state index is 0.0736. The van der Waals surface area contributed by atoms with Crippen LogP contribution in [0, 0.1) is 0 Å². The van der Waals surface area contributed by atoms with Crippen LogP contribution in [0.25, 0.3) is 0 Å². The van der Waals surface area contributed by atoms with Gasteiger partial charge in [0, 0.05) is 43.6 Å². The fraction of sp³-hybridized carbons (Fsp3) is 0.190. The van der Waals surface area contributed by atoms with Crippen LogP contribution in [0.4, 0.5) is 11.5 Å². The lowest BCUT2D eigenvalue weighted by atomic mass is 10.1. The number of benzene rings is 1. The summed E-state index contributed by atoms with van der Waals surface area (Å²) >= 11 is 9.07. The highest BCUT2D eigenvalue weighted by atomic mass is 79.9. The van der Waals surface area contributed by atoms with Crippen molar-refractivity contribution in [3.05, 3.63) is 75.7 Å². The van der Waals surface area contributed by atoms with Gasteiger partial charge in [-0.1, -0.05) is 17.7 Å². The second-order valence-corrected chi connectivity index (χ2v) is 7.97. The summed E-state index contributed by atoms with van der Waals surface area (Å²) in [6, 6.07) is 13.8. The number of anilines is 2. The van der Waals surface area contributed by atoms with Gasteiger partial charge >= 0.3 is 0 Å². The number of halogens is 2. The topological polar surface area (TPSA) is 78.7 Å². The van der Waals surface area contributed by atoms with Crippen molar-refractivity contribution >= 4 is 50.9 Å². The summed E-state index contributed by atoms with van der Waals surface area (Å²) in [7, 11) is 0. The van der Waals surface area contributed by atoms with E-state index in [0.29, 0.717) is 47.1 Å². The molecule has 0 aliphatic carbocycles. The van der Waals surface area contributed by atoms with Crippen LogP contribution in [0.5, 0.6) is 0 Å². The molecule has 30 heavy (non-hydrogen) atoms. The minimum atomic E-state index is -0.380. The maximum Gasteiger partial charge on any atom is 0.291 e. The van der Waals surface area contributed by atoms with Gasteiger partial charge in [0.05, 0.1) is 5.02 Å². The molecule has 0 radical (unpaired) electrons. The van der Waals surface area contributed by atoms with E-state index in [2.05, 4.69) is 31.1 Å². The largest absolute Gasteiger partial charge is 0.444 e. The van der Waals surface area contributed by atoms with Crippen molar-refractivity contribution in [1.82, 2.24) is 9.88 Å².